The molecule has 1 aromatic rings. The highest BCUT2D eigenvalue weighted by Crippen LogP contribution is 2.34. The summed E-state index contributed by atoms with van der Waals surface area (Å²) in [6, 6.07) is 5.63. The molecular weight excluding hydrogens is 200 g/mol. The fourth-order valence-electron chi connectivity index (χ4n) is 1.21. The fourth-order valence-corrected chi connectivity index (χ4v) is 1.46. The van der Waals surface area contributed by atoms with Crippen molar-refractivity contribution in [2.75, 3.05) is 25.4 Å². The smallest absolute Gasteiger partial charge is 0.231 e. The Hall–Kier alpha value is -1.03. The molecule has 0 spiro atoms. The van der Waals surface area contributed by atoms with Gasteiger partial charge in [0.15, 0.2) is 11.5 Å². The van der Waals surface area contributed by atoms with Gasteiger partial charge in [-0.2, -0.15) is 11.8 Å². The second-order valence-electron chi connectivity index (χ2n) is 2.86. The molecule has 76 valence electrons. The van der Waals surface area contributed by atoms with Crippen molar-refractivity contribution in [2.45, 2.75) is 0 Å². The average molecular weight is 212 g/mol. The molecule has 0 unspecified atom stereocenters. The molecule has 3 nitrogen and oxygen atoms in total. The fraction of sp³-hybridized carbons (Fsp3) is 0.400. The second-order valence-corrected chi connectivity index (χ2v) is 3.84. The molecule has 0 radical (unpaired) electrons. The first-order valence-corrected chi connectivity index (χ1v) is 5.81. The van der Waals surface area contributed by atoms with E-state index in [1.807, 2.05) is 18.2 Å². The van der Waals surface area contributed by atoms with Gasteiger partial charge in [0.25, 0.3) is 0 Å². The molecule has 2 rings (SSSR count). The Morgan fingerprint density at radius 3 is 3.07 bits per heavy atom. The Bertz CT molecular complexity index is 314. The Balaban J connectivity index is 1.98. The Kier molecular flexibility index (Phi) is 3.03. The van der Waals surface area contributed by atoms with E-state index in [-0.39, 0.29) is 0 Å². The van der Waals surface area contributed by atoms with Crippen LogP contribution in [0.3, 0.4) is 0 Å². The molecule has 0 amide bonds. The first-order valence-electron chi connectivity index (χ1n) is 4.41. The largest absolute Gasteiger partial charge is 0.493 e. The van der Waals surface area contributed by atoms with Crippen LogP contribution in [0.1, 0.15) is 0 Å². The van der Waals surface area contributed by atoms with Crippen molar-refractivity contribution >= 4 is 11.8 Å². The molecule has 4 heteroatoms. The molecule has 0 saturated carbocycles. The van der Waals surface area contributed by atoms with Crippen LogP contribution in [0.25, 0.3) is 0 Å². The van der Waals surface area contributed by atoms with Gasteiger partial charge in [0, 0.05) is 11.8 Å². The first kappa shape index (κ1) is 9.52. The summed E-state index contributed by atoms with van der Waals surface area (Å²) in [5.74, 6) is 3.39. The van der Waals surface area contributed by atoms with Crippen molar-refractivity contribution in [3.05, 3.63) is 18.2 Å². The highest BCUT2D eigenvalue weighted by atomic mass is 32.2. The summed E-state index contributed by atoms with van der Waals surface area (Å²) < 4.78 is 16.0. The van der Waals surface area contributed by atoms with Crippen LogP contribution < -0.4 is 14.2 Å². The number of benzene rings is 1. The van der Waals surface area contributed by atoms with E-state index in [0.29, 0.717) is 6.79 Å². The normalized spacial score (nSPS) is 12.9. The van der Waals surface area contributed by atoms with Gasteiger partial charge in [-0.3, -0.25) is 0 Å². The number of fused-ring (bicyclic) bond motifs is 1. The van der Waals surface area contributed by atoms with Gasteiger partial charge in [-0.05, 0) is 18.4 Å². The number of thioether (sulfide) groups is 1. The Morgan fingerprint density at radius 1 is 1.36 bits per heavy atom. The predicted molar refractivity (Wildman–Crippen MR) is 56.4 cm³/mol. The second kappa shape index (κ2) is 4.46. The summed E-state index contributed by atoms with van der Waals surface area (Å²) in [4.78, 5) is 0. The quantitative estimate of drug-likeness (QED) is 0.715. The van der Waals surface area contributed by atoms with Gasteiger partial charge in [0.05, 0.1) is 6.61 Å². The summed E-state index contributed by atoms with van der Waals surface area (Å²) >= 11 is 1.77. The predicted octanol–water partition coefficient (Wildman–Crippen LogP) is 2.16. The number of hydrogen-bond acceptors (Lipinski definition) is 4. The first-order chi connectivity index (χ1) is 6.90. The highest BCUT2D eigenvalue weighted by Gasteiger charge is 2.13. The maximum atomic E-state index is 5.52. The van der Waals surface area contributed by atoms with E-state index in [4.69, 9.17) is 14.2 Å². The third-order valence-corrected chi connectivity index (χ3v) is 2.48. The van der Waals surface area contributed by atoms with Crippen molar-refractivity contribution in [1.29, 1.82) is 0 Å². The molecule has 1 heterocycles. The van der Waals surface area contributed by atoms with Crippen molar-refractivity contribution in [3.8, 4) is 17.2 Å². The topological polar surface area (TPSA) is 27.7 Å². The van der Waals surface area contributed by atoms with E-state index in [2.05, 4.69) is 6.26 Å². The molecule has 1 aromatic carbocycles. The number of rotatable bonds is 4. The zero-order valence-electron chi connectivity index (χ0n) is 7.99. The minimum atomic E-state index is 0.309. The van der Waals surface area contributed by atoms with Crippen LogP contribution >= 0.6 is 11.8 Å². The molecule has 0 atom stereocenters. The molecule has 14 heavy (non-hydrogen) atoms. The summed E-state index contributed by atoms with van der Waals surface area (Å²) in [5, 5.41) is 0. The highest BCUT2D eigenvalue weighted by molar-refractivity contribution is 7.98. The van der Waals surface area contributed by atoms with E-state index in [9.17, 15) is 0 Å². The number of ether oxygens (including phenoxy) is 3. The Morgan fingerprint density at radius 2 is 2.21 bits per heavy atom. The van der Waals surface area contributed by atoms with Crippen molar-refractivity contribution < 1.29 is 14.2 Å². The van der Waals surface area contributed by atoms with Gasteiger partial charge in [0.2, 0.25) is 6.79 Å². The summed E-state index contributed by atoms with van der Waals surface area (Å²) in [6.45, 7) is 1.03. The molecule has 0 fully saturated rings. The van der Waals surface area contributed by atoms with Gasteiger partial charge >= 0.3 is 0 Å². The van der Waals surface area contributed by atoms with Gasteiger partial charge in [-0.15, -0.1) is 0 Å². The van der Waals surface area contributed by atoms with Crippen molar-refractivity contribution in [2.24, 2.45) is 0 Å². The lowest BCUT2D eigenvalue weighted by atomic mass is 10.3. The summed E-state index contributed by atoms with van der Waals surface area (Å²) in [5.41, 5.74) is 0. The Labute approximate surface area is 87.3 Å². The van der Waals surface area contributed by atoms with Crippen molar-refractivity contribution in [3.63, 3.8) is 0 Å². The van der Waals surface area contributed by atoms with Gasteiger partial charge in [0.1, 0.15) is 5.75 Å². The van der Waals surface area contributed by atoms with Gasteiger partial charge in [-0.25, -0.2) is 0 Å². The lowest BCUT2D eigenvalue weighted by Crippen LogP contribution is -1.99. The van der Waals surface area contributed by atoms with Crippen LogP contribution in [0.4, 0.5) is 0 Å². The number of hydrogen-bond donors (Lipinski definition) is 0. The molecule has 0 bridgehead atoms. The molecule has 0 aliphatic carbocycles. The third kappa shape index (κ3) is 2.07. The minimum absolute atomic E-state index is 0.309. The monoisotopic (exact) mass is 212 g/mol. The molecule has 0 aromatic heterocycles. The molecule has 1 aliphatic heterocycles. The molecule has 1 aliphatic rings. The van der Waals surface area contributed by atoms with Gasteiger partial charge < -0.3 is 14.2 Å². The zero-order valence-corrected chi connectivity index (χ0v) is 8.80. The summed E-state index contributed by atoms with van der Waals surface area (Å²) in [7, 11) is 0. The summed E-state index contributed by atoms with van der Waals surface area (Å²) in [6.07, 6.45) is 2.06. The minimum Gasteiger partial charge on any atom is -0.493 e. The van der Waals surface area contributed by atoms with E-state index in [1.165, 1.54) is 0 Å². The lowest BCUT2D eigenvalue weighted by Gasteiger charge is -2.05. The standard InChI is InChI=1S/C10H12O3S/c1-14-5-4-11-8-2-3-9-10(6-8)13-7-12-9/h2-3,6H,4-5,7H2,1H3. The SMILES string of the molecule is CSCCOc1ccc2c(c1)OCO2. The molecular formula is C10H12O3S. The van der Waals surface area contributed by atoms with Crippen LogP contribution in [-0.4, -0.2) is 25.4 Å². The van der Waals surface area contributed by atoms with Gasteiger partial charge in [-0.1, -0.05) is 0 Å². The third-order valence-electron chi connectivity index (χ3n) is 1.90. The van der Waals surface area contributed by atoms with Crippen molar-refractivity contribution in [1.82, 2.24) is 0 Å². The molecule has 0 saturated heterocycles. The van der Waals surface area contributed by atoms with Crippen LogP contribution in [0.15, 0.2) is 18.2 Å². The zero-order chi connectivity index (χ0) is 9.80. The maximum absolute atomic E-state index is 5.52. The van der Waals surface area contributed by atoms with E-state index in [1.54, 1.807) is 11.8 Å². The van der Waals surface area contributed by atoms with Crippen LogP contribution in [-0.2, 0) is 0 Å². The van der Waals surface area contributed by atoms with E-state index < -0.39 is 0 Å². The molecule has 0 N–H and O–H groups in total. The van der Waals surface area contributed by atoms with E-state index >= 15 is 0 Å². The van der Waals surface area contributed by atoms with Crippen LogP contribution in [0.2, 0.25) is 0 Å². The maximum Gasteiger partial charge on any atom is 0.231 e. The van der Waals surface area contributed by atoms with Crippen LogP contribution in [0.5, 0.6) is 17.2 Å². The average Bonchev–Trinajstić information content (AvgIpc) is 2.65. The lowest BCUT2D eigenvalue weighted by molar-refractivity contribution is 0.174. The van der Waals surface area contributed by atoms with Crippen LogP contribution in [0, 0.1) is 0 Å². The van der Waals surface area contributed by atoms with E-state index in [0.717, 1.165) is 29.6 Å².